The Bertz CT molecular complexity index is 811. The number of nitrogens with one attached hydrogen (secondary N) is 1. The first kappa shape index (κ1) is 15.9. The molecule has 0 atom stereocenters. The number of hydrogen-bond donors (Lipinski definition) is 1. The van der Waals surface area contributed by atoms with Gasteiger partial charge in [-0.1, -0.05) is 23.1 Å². The highest BCUT2D eigenvalue weighted by Gasteiger charge is 2.12. The summed E-state index contributed by atoms with van der Waals surface area (Å²) < 4.78 is 23.7. The van der Waals surface area contributed by atoms with Crippen molar-refractivity contribution in [2.75, 3.05) is 17.3 Å². The normalized spacial score (nSPS) is 11.5. The van der Waals surface area contributed by atoms with Crippen molar-refractivity contribution in [2.24, 2.45) is 0 Å². The Morgan fingerprint density at radius 3 is 2.71 bits per heavy atom. The van der Waals surface area contributed by atoms with E-state index in [9.17, 15) is 18.0 Å². The van der Waals surface area contributed by atoms with Crippen molar-refractivity contribution < 1.29 is 18.0 Å². The third kappa shape index (κ3) is 4.26. The van der Waals surface area contributed by atoms with Crippen LogP contribution in [0, 0.1) is 0 Å². The minimum Gasteiger partial charge on any atom is -0.301 e. The van der Waals surface area contributed by atoms with Gasteiger partial charge in [-0.2, -0.15) is 0 Å². The van der Waals surface area contributed by atoms with E-state index in [4.69, 9.17) is 0 Å². The Labute approximate surface area is 129 Å². The van der Waals surface area contributed by atoms with Crippen LogP contribution in [0.5, 0.6) is 0 Å². The minimum absolute atomic E-state index is 0.0276. The number of carbonyl (C=O) groups excluding carboxylic acids is 2. The molecule has 0 aliphatic heterocycles. The van der Waals surface area contributed by atoms with Gasteiger partial charge in [0.15, 0.2) is 20.1 Å². The van der Waals surface area contributed by atoms with Gasteiger partial charge in [0.1, 0.15) is 0 Å². The van der Waals surface area contributed by atoms with Crippen LogP contribution in [0.4, 0.5) is 5.13 Å². The highest BCUT2D eigenvalue weighted by molar-refractivity contribution is 8.14. The smallest absolute Gasteiger partial charge is 0.236 e. The van der Waals surface area contributed by atoms with Gasteiger partial charge < -0.3 is 5.32 Å². The van der Waals surface area contributed by atoms with Crippen molar-refractivity contribution in [1.82, 2.24) is 4.98 Å². The Morgan fingerprint density at radius 1 is 1.38 bits per heavy atom. The molecule has 1 N–H and O–H groups in total. The molecule has 1 aromatic carbocycles. The van der Waals surface area contributed by atoms with Crippen molar-refractivity contribution in [1.29, 1.82) is 0 Å². The lowest BCUT2D eigenvalue weighted by Gasteiger charge is -1.98. The fraction of sp³-hybridized carbons (Fsp3) is 0.250. The molecule has 6 nitrogen and oxygen atoms in total. The molecule has 1 aromatic heterocycles. The van der Waals surface area contributed by atoms with Crippen LogP contribution in [0.2, 0.25) is 0 Å². The van der Waals surface area contributed by atoms with Crippen molar-refractivity contribution in [3.8, 4) is 0 Å². The maximum absolute atomic E-state index is 11.6. The van der Waals surface area contributed by atoms with Crippen LogP contribution in [0.3, 0.4) is 0 Å². The number of amides is 1. The second-order valence-electron chi connectivity index (χ2n) is 4.25. The third-order valence-electron chi connectivity index (χ3n) is 2.44. The summed E-state index contributed by atoms with van der Waals surface area (Å²) in [5.74, 6) is -0.294. The lowest BCUT2D eigenvalue weighted by Crippen LogP contribution is -2.14. The van der Waals surface area contributed by atoms with E-state index in [1.165, 1.54) is 30.4 Å². The highest BCUT2D eigenvalue weighted by Crippen LogP contribution is 2.28. The number of aromatic nitrogens is 1. The zero-order valence-electron chi connectivity index (χ0n) is 11.2. The summed E-state index contributed by atoms with van der Waals surface area (Å²) in [7, 11) is -3.28. The first-order valence-corrected chi connectivity index (χ1v) is 9.49. The average Bonchev–Trinajstić information content (AvgIpc) is 2.76. The molecule has 0 bridgehead atoms. The van der Waals surface area contributed by atoms with E-state index in [2.05, 4.69) is 10.3 Å². The standard InChI is InChI=1S/C12H12N2O4S3/c1-7(15)19-6-11(16)14-12-13-9-4-3-8(21(2,17)18)5-10(9)20-12/h3-5H,6H2,1-2H3,(H,13,14,16). The molecule has 0 radical (unpaired) electrons. The largest absolute Gasteiger partial charge is 0.301 e. The number of benzene rings is 1. The lowest BCUT2D eigenvalue weighted by atomic mass is 10.3. The second-order valence-corrected chi connectivity index (χ2v) is 8.45. The molecule has 21 heavy (non-hydrogen) atoms. The van der Waals surface area contributed by atoms with E-state index < -0.39 is 9.84 Å². The van der Waals surface area contributed by atoms with Crippen molar-refractivity contribution in [3.63, 3.8) is 0 Å². The topological polar surface area (TPSA) is 93.2 Å². The molecule has 0 spiro atoms. The SMILES string of the molecule is CC(=O)SCC(=O)Nc1nc2ccc(S(C)(=O)=O)cc2s1. The number of thiazole rings is 1. The molecule has 0 saturated carbocycles. The molecule has 2 rings (SSSR count). The van der Waals surface area contributed by atoms with E-state index in [1.54, 1.807) is 6.07 Å². The van der Waals surface area contributed by atoms with Gasteiger partial charge in [-0.3, -0.25) is 9.59 Å². The number of anilines is 1. The van der Waals surface area contributed by atoms with Crippen molar-refractivity contribution in [2.45, 2.75) is 11.8 Å². The first-order chi connectivity index (χ1) is 9.75. The van der Waals surface area contributed by atoms with Crippen molar-refractivity contribution in [3.05, 3.63) is 18.2 Å². The Balaban J connectivity index is 2.19. The van der Waals surface area contributed by atoms with E-state index in [1.807, 2.05) is 0 Å². The first-order valence-electron chi connectivity index (χ1n) is 5.79. The molecule has 0 aliphatic rings. The van der Waals surface area contributed by atoms with Gasteiger partial charge in [0.2, 0.25) is 5.91 Å². The second kappa shape index (κ2) is 6.12. The van der Waals surface area contributed by atoms with Gasteiger partial charge in [-0.25, -0.2) is 13.4 Å². The van der Waals surface area contributed by atoms with Gasteiger partial charge in [0.05, 0.1) is 20.9 Å². The third-order valence-corrected chi connectivity index (χ3v) is 5.30. The summed E-state index contributed by atoms with van der Waals surface area (Å²) in [5.41, 5.74) is 0.613. The van der Waals surface area contributed by atoms with Crippen LogP contribution in [0.15, 0.2) is 23.1 Å². The van der Waals surface area contributed by atoms with E-state index in [0.29, 0.717) is 15.3 Å². The summed E-state index contributed by atoms with van der Waals surface area (Å²) >= 11 is 2.11. The average molecular weight is 344 g/mol. The minimum atomic E-state index is -3.28. The number of rotatable bonds is 4. The van der Waals surface area contributed by atoms with Gasteiger partial charge >= 0.3 is 0 Å². The highest BCUT2D eigenvalue weighted by atomic mass is 32.2. The number of carbonyl (C=O) groups is 2. The number of nitrogens with zero attached hydrogens (tertiary/aromatic N) is 1. The van der Waals surface area contributed by atoms with E-state index >= 15 is 0 Å². The number of fused-ring (bicyclic) bond motifs is 1. The maximum Gasteiger partial charge on any atom is 0.236 e. The van der Waals surface area contributed by atoms with Gasteiger partial charge in [0, 0.05) is 13.2 Å². The molecular weight excluding hydrogens is 332 g/mol. The molecule has 9 heteroatoms. The summed E-state index contributed by atoms with van der Waals surface area (Å²) in [4.78, 5) is 26.8. The molecule has 1 heterocycles. The molecule has 0 saturated heterocycles. The number of sulfone groups is 1. The van der Waals surface area contributed by atoms with Crippen LogP contribution in [0.1, 0.15) is 6.92 Å². The van der Waals surface area contributed by atoms with Gasteiger partial charge in [-0.05, 0) is 18.2 Å². The quantitative estimate of drug-likeness (QED) is 0.911. The van der Waals surface area contributed by atoms with Crippen molar-refractivity contribution >= 4 is 59.3 Å². The zero-order valence-corrected chi connectivity index (χ0v) is 13.7. The molecule has 112 valence electrons. The maximum atomic E-state index is 11.6. The van der Waals surface area contributed by atoms with Gasteiger partial charge in [-0.15, -0.1) is 0 Å². The number of thioether (sulfide) groups is 1. The molecule has 0 aliphatic carbocycles. The van der Waals surface area contributed by atoms with Crippen LogP contribution in [-0.4, -0.2) is 36.4 Å². The monoisotopic (exact) mass is 344 g/mol. The molecule has 0 unspecified atom stereocenters. The molecule has 2 aromatic rings. The predicted octanol–water partition coefficient (Wildman–Crippen LogP) is 1.92. The van der Waals surface area contributed by atoms with Crippen LogP contribution < -0.4 is 5.32 Å². The summed E-state index contributed by atoms with van der Waals surface area (Å²) in [5, 5.41) is 2.84. The Hall–Kier alpha value is -1.45. The van der Waals surface area contributed by atoms with E-state index in [-0.39, 0.29) is 21.7 Å². The van der Waals surface area contributed by atoms with Crippen LogP contribution >= 0.6 is 23.1 Å². The summed E-state index contributed by atoms with van der Waals surface area (Å²) in [6.07, 6.45) is 1.14. The molecular formula is C12H12N2O4S3. The Kier molecular flexibility index (Phi) is 4.64. The summed E-state index contributed by atoms with van der Waals surface area (Å²) in [6.45, 7) is 1.39. The van der Waals surface area contributed by atoms with E-state index in [0.717, 1.165) is 18.0 Å². The predicted molar refractivity (Wildman–Crippen MR) is 84.5 cm³/mol. The fourth-order valence-electron chi connectivity index (χ4n) is 1.51. The fourth-order valence-corrected chi connectivity index (χ4v) is 3.56. The van der Waals surface area contributed by atoms with Gasteiger partial charge in [0.25, 0.3) is 0 Å². The lowest BCUT2D eigenvalue weighted by molar-refractivity contribution is -0.114. The molecule has 0 fully saturated rings. The number of hydrogen-bond acceptors (Lipinski definition) is 7. The molecule has 1 amide bonds. The Morgan fingerprint density at radius 2 is 2.10 bits per heavy atom. The summed E-state index contributed by atoms with van der Waals surface area (Å²) in [6, 6.07) is 4.61. The van der Waals surface area contributed by atoms with Crippen LogP contribution in [-0.2, 0) is 19.4 Å². The zero-order chi connectivity index (χ0) is 15.6. The van der Waals surface area contributed by atoms with Crippen LogP contribution in [0.25, 0.3) is 10.2 Å².